The molecule has 0 radical (unpaired) electrons. The number of nitrogens with zero attached hydrogens (tertiary/aromatic N) is 2. The van der Waals surface area contributed by atoms with Crippen molar-refractivity contribution in [1.82, 2.24) is 9.80 Å². The summed E-state index contributed by atoms with van der Waals surface area (Å²) in [6, 6.07) is 15.4. The molecule has 4 aliphatic rings. The summed E-state index contributed by atoms with van der Waals surface area (Å²) in [5, 5.41) is 21.4. The molecule has 0 saturated carbocycles. The molecule has 4 saturated heterocycles. The summed E-state index contributed by atoms with van der Waals surface area (Å²) < 4.78 is 70.9. The molecule has 6 rings (SSSR count). The van der Waals surface area contributed by atoms with E-state index >= 15 is 0 Å². The summed E-state index contributed by atoms with van der Waals surface area (Å²) in [4.78, 5) is 5.74. The van der Waals surface area contributed by atoms with Crippen LogP contribution in [0.3, 0.4) is 0 Å². The number of hydrogen-bond donors (Lipinski definition) is 0. The van der Waals surface area contributed by atoms with Crippen molar-refractivity contribution in [3.63, 3.8) is 0 Å². The third-order valence-electron chi connectivity index (χ3n) is 8.76. The maximum Gasteiger partial charge on any atom is 2.00 e. The molecular weight excluding hydrogens is 736 g/mol. The molecule has 0 aliphatic carbocycles. The zero-order valence-electron chi connectivity index (χ0n) is 24.8. The van der Waals surface area contributed by atoms with Gasteiger partial charge in [-0.25, -0.2) is 0 Å². The van der Waals surface area contributed by atoms with Crippen molar-refractivity contribution in [3.8, 4) is 0 Å². The van der Waals surface area contributed by atoms with Gasteiger partial charge in [0.25, 0.3) is 0 Å². The fourth-order valence-corrected chi connectivity index (χ4v) is 6.89. The van der Waals surface area contributed by atoms with Gasteiger partial charge < -0.3 is 10.2 Å². The van der Waals surface area contributed by atoms with Gasteiger partial charge in [0, 0.05) is 25.2 Å². The molecule has 4 aliphatic heterocycles. The van der Waals surface area contributed by atoms with Crippen molar-refractivity contribution in [2.75, 3.05) is 31.5 Å². The smallest absolute Gasteiger partial charge is 0.842 e. The quantitative estimate of drug-likeness (QED) is 0.186. The van der Waals surface area contributed by atoms with E-state index in [-0.39, 0.29) is 36.9 Å². The molecule has 4 heterocycles. The van der Waals surface area contributed by atoms with Crippen molar-refractivity contribution in [2.45, 2.75) is 81.6 Å². The first-order valence-corrected chi connectivity index (χ1v) is 16.1. The Morgan fingerprint density at radius 1 is 0.644 bits per heavy atom. The topological polar surface area (TPSA) is 52.6 Å². The molecule has 256 valence electrons. The molecule has 6 atom stereocenters. The van der Waals surface area contributed by atoms with E-state index in [1.165, 1.54) is 113 Å². The minimum Gasteiger partial charge on any atom is -0.842 e. The van der Waals surface area contributed by atoms with Crippen LogP contribution in [-0.4, -0.2) is 65.8 Å². The van der Waals surface area contributed by atoms with Gasteiger partial charge >= 0.3 is 32.8 Å². The van der Waals surface area contributed by atoms with Gasteiger partial charge in [0.1, 0.15) is 0 Å². The second kappa shape index (κ2) is 19.2. The van der Waals surface area contributed by atoms with Crippen LogP contribution in [0.1, 0.15) is 68.3 Å². The fraction of sp³-hybridized carbons (Fsp3) is 0.625. The number of alkyl halides is 8. The number of rotatable bonds is 2. The van der Waals surface area contributed by atoms with Crippen LogP contribution in [-0.2, 0) is 20.4 Å². The third-order valence-corrected chi connectivity index (χ3v) is 8.76. The number of fused-ring (bicyclic) bond motifs is 6. The standard InChI is InChI=1S/C15H26N2.2C8H6F3O.CH2Cl2.Pd/c1-3-7-16-11-13-9-12(14(16)5-1)10-17-8-4-2-6-15(13)17;2*9-8(10,11)7(12)6-4-2-1-3-5-6;2-1-3;/h12-15H,1-11H2;2*1-5,7H;1H2;/q;2*-1;;+2/t12-,13-,14-,15+;2*7-;;/m011../s1. The Labute approximate surface area is 285 Å². The van der Waals surface area contributed by atoms with Crippen LogP contribution in [0.15, 0.2) is 60.7 Å². The molecule has 2 aromatic carbocycles. The van der Waals surface area contributed by atoms with Gasteiger partial charge in [-0.2, -0.15) is 26.3 Å². The van der Waals surface area contributed by atoms with Crippen LogP contribution in [0.5, 0.6) is 0 Å². The largest absolute Gasteiger partial charge is 2.00 e. The summed E-state index contributed by atoms with van der Waals surface area (Å²) >= 11 is 9.53. The maximum absolute atomic E-state index is 11.8. The number of halogens is 8. The third kappa shape index (κ3) is 12.2. The van der Waals surface area contributed by atoms with Gasteiger partial charge in [-0.15, -0.1) is 23.2 Å². The van der Waals surface area contributed by atoms with E-state index in [1.54, 1.807) is 18.6 Å². The Morgan fingerprint density at radius 2 is 0.978 bits per heavy atom. The van der Waals surface area contributed by atoms with E-state index in [9.17, 15) is 36.6 Å². The first-order valence-electron chi connectivity index (χ1n) is 15.0. The molecule has 45 heavy (non-hydrogen) atoms. The molecular formula is C32H40Cl2F6N2O2Pd. The van der Waals surface area contributed by atoms with Crippen LogP contribution in [0.2, 0.25) is 0 Å². The van der Waals surface area contributed by atoms with Crippen molar-refractivity contribution < 1.29 is 57.0 Å². The van der Waals surface area contributed by atoms with Crippen LogP contribution in [0.25, 0.3) is 0 Å². The number of benzene rings is 2. The van der Waals surface area contributed by atoms with E-state index in [0.29, 0.717) is 0 Å². The minimum atomic E-state index is -4.69. The van der Waals surface area contributed by atoms with Crippen molar-refractivity contribution in [1.29, 1.82) is 0 Å². The second-order valence-corrected chi connectivity index (χ2v) is 12.4. The molecule has 2 aromatic rings. The van der Waals surface area contributed by atoms with Crippen molar-refractivity contribution in [3.05, 3.63) is 71.8 Å². The summed E-state index contributed by atoms with van der Waals surface area (Å²) in [7, 11) is 0. The predicted molar refractivity (Wildman–Crippen MR) is 157 cm³/mol. The van der Waals surface area contributed by atoms with E-state index in [4.69, 9.17) is 23.2 Å². The van der Waals surface area contributed by atoms with Gasteiger partial charge in [-0.05, 0) is 69.2 Å². The first kappa shape index (κ1) is 40.3. The second-order valence-electron chi connectivity index (χ2n) is 11.6. The Bertz CT molecular complexity index is 1000. The maximum atomic E-state index is 11.8. The summed E-state index contributed by atoms with van der Waals surface area (Å²) in [5.41, 5.74) is -0.491. The zero-order valence-corrected chi connectivity index (χ0v) is 27.8. The molecule has 0 aromatic heterocycles. The predicted octanol–water partition coefficient (Wildman–Crippen LogP) is 7.06. The normalized spacial score (nSPS) is 25.9. The Hall–Kier alpha value is -0.898. The Kier molecular flexibility index (Phi) is 17.2. The van der Waals surface area contributed by atoms with Crippen LogP contribution in [0.4, 0.5) is 26.3 Å². The van der Waals surface area contributed by atoms with Gasteiger partial charge in [0.2, 0.25) is 0 Å². The fourth-order valence-electron chi connectivity index (χ4n) is 6.89. The van der Waals surface area contributed by atoms with Crippen LogP contribution >= 0.6 is 23.2 Å². The van der Waals surface area contributed by atoms with Gasteiger partial charge in [-0.1, -0.05) is 84.6 Å². The van der Waals surface area contributed by atoms with Crippen LogP contribution in [0, 0.1) is 11.8 Å². The monoisotopic (exact) mass is 774 g/mol. The molecule has 13 heteroatoms. The summed E-state index contributed by atoms with van der Waals surface area (Å²) in [5.74, 6) is 2.03. The van der Waals surface area contributed by atoms with Gasteiger partial charge in [0.15, 0.2) is 0 Å². The Morgan fingerprint density at radius 3 is 1.29 bits per heavy atom. The van der Waals surface area contributed by atoms with E-state index in [1.807, 2.05) is 0 Å². The average Bonchev–Trinajstić information content (AvgIpc) is 3.01. The molecule has 0 unspecified atom stereocenters. The zero-order chi connectivity index (χ0) is 32.3. The van der Waals surface area contributed by atoms with Gasteiger partial charge in [-0.3, -0.25) is 9.80 Å². The number of piperidine rings is 4. The first-order chi connectivity index (χ1) is 20.9. The summed E-state index contributed by atoms with van der Waals surface area (Å²) in [6.45, 7) is 5.68. The van der Waals surface area contributed by atoms with Crippen LogP contribution < -0.4 is 10.2 Å². The van der Waals surface area contributed by atoms with E-state index < -0.39 is 24.6 Å². The SMILES string of the molecule is C1CCN2C[C@@H]3C[C@@H](CN4CCCC[C@@H]34)[C@H]2C1.ClCCl.[O-][C@H](c1ccccc1)C(F)(F)F.[O-][C@H](c1ccccc1)C(F)(F)F.[Pd+2]. The molecule has 2 bridgehead atoms. The molecule has 0 N–H and O–H groups in total. The van der Waals surface area contributed by atoms with E-state index in [2.05, 4.69) is 9.80 Å². The average molecular weight is 776 g/mol. The van der Waals surface area contributed by atoms with Crippen molar-refractivity contribution in [2.24, 2.45) is 11.8 Å². The molecule has 0 amide bonds. The number of hydrogen-bond acceptors (Lipinski definition) is 4. The molecule has 0 spiro atoms. The van der Waals surface area contributed by atoms with E-state index in [0.717, 1.165) is 23.9 Å². The summed E-state index contributed by atoms with van der Waals surface area (Å²) in [6.07, 6.45) is -4.18. The van der Waals surface area contributed by atoms with Gasteiger partial charge in [0.05, 0.1) is 5.34 Å². The minimum absolute atomic E-state index is 0. The van der Waals surface area contributed by atoms with Crippen molar-refractivity contribution >= 4 is 23.2 Å². The Balaban J connectivity index is 0.000000228. The molecule has 4 fully saturated rings. The molecule has 4 nitrogen and oxygen atoms in total.